The second kappa shape index (κ2) is 5.38. The minimum Gasteiger partial charge on any atom is -0.466 e. The Balaban J connectivity index is 1.74. The molecule has 3 heterocycles. The molecule has 6 heteroatoms. The van der Waals surface area contributed by atoms with Gasteiger partial charge >= 0.3 is 0 Å². The van der Waals surface area contributed by atoms with E-state index in [2.05, 4.69) is 15.0 Å². The molecule has 1 saturated heterocycles. The van der Waals surface area contributed by atoms with Crippen molar-refractivity contribution < 1.29 is 8.94 Å². The average molecular weight is 276 g/mol. The van der Waals surface area contributed by atoms with Gasteiger partial charge in [0.15, 0.2) is 5.82 Å². The van der Waals surface area contributed by atoms with Gasteiger partial charge in [-0.05, 0) is 45.8 Å². The standard InChI is InChI=1S/C14H20N4O2/c1-9-7-11(10(2)19-9)14-16-13(17-20-14)12(15)8-18-5-3-4-6-18/h7,12H,3-6,8,15H2,1-2H3. The number of hydrogen-bond acceptors (Lipinski definition) is 6. The fourth-order valence-electron chi connectivity index (χ4n) is 2.66. The number of rotatable bonds is 4. The predicted molar refractivity (Wildman–Crippen MR) is 74.1 cm³/mol. The summed E-state index contributed by atoms with van der Waals surface area (Å²) in [6.45, 7) is 6.78. The van der Waals surface area contributed by atoms with Crippen molar-refractivity contribution in [2.75, 3.05) is 19.6 Å². The molecule has 1 aliphatic heterocycles. The van der Waals surface area contributed by atoms with Gasteiger partial charge in [0.25, 0.3) is 5.89 Å². The van der Waals surface area contributed by atoms with Crippen molar-refractivity contribution in [1.82, 2.24) is 15.0 Å². The van der Waals surface area contributed by atoms with Crippen molar-refractivity contribution >= 4 is 0 Å². The molecule has 108 valence electrons. The maximum atomic E-state index is 6.16. The van der Waals surface area contributed by atoms with Gasteiger partial charge in [0, 0.05) is 6.54 Å². The summed E-state index contributed by atoms with van der Waals surface area (Å²) in [4.78, 5) is 6.75. The van der Waals surface area contributed by atoms with E-state index in [4.69, 9.17) is 14.7 Å². The van der Waals surface area contributed by atoms with E-state index in [0.717, 1.165) is 36.7 Å². The van der Waals surface area contributed by atoms with Crippen LogP contribution in [0.2, 0.25) is 0 Å². The van der Waals surface area contributed by atoms with Crippen LogP contribution in [0.3, 0.4) is 0 Å². The molecular formula is C14H20N4O2. The van der Waals surface area contributed by atoms with Crippen LogP contribution in [0.4, 0.5) is 0 Å². The van der Waals surface area contributed by atoms with Gasteiger partial charge in [-0.25, -0.2) is 0 Å². The van der Waals surface area contributed by atoms with Crippen molar-refractivity contribution in [3.63, 3.8) is 0 Å². The van der Waals surface area contributed by atoms with Crippen LogP contribution in [0.1, 0.15) is 36.2 Å². The minimum atomic E-state index is -0.209. The quantitative estimate of drug-likeness (QED) is 0.920. The molecule has 0 saturated carbocycles. The molecule has 2 aromatic heterocycles. The second-order valence-electron chi connectivity index (χ2n) is 5.40. The van der Waals surface area contributed by atoms with E-state index in [1.165, 1.54) is 12.8 Å². The maximum absolute atomic E-state index is 6.16. The van der Waals surface area contributed by atoms with Gasteiger partial charge in [0.2, 0.25) is 0 Å². The molecule has 6 nitrogen and oxygen atoms in total. The van der Waals surface area contributed by atoms with Crippen molar-refractivity contribution in [2.24, 2.45) is 5.73 Å². The lowest BCUT2D eigenvalue weighted by molar-refractivity contribution is 0.306. The highest BCUT2D eigenvalue weighted by molar-refractivity contribution is 5.56. The first kappa shape index (κ1) is 13.3. The van der Waals surface area contributed by atoms with E-state index in [1.54, 1.807) is 0 Å². The number of aromatic nitrogens is 2. The Hall–Kier alpha value is -1.66. The van der Waals surface area contributed by atoms with Gasteiger partial charge in [-0.1, -0.05) is 5.16 Å². The topological polar surface area (TPSA) is 81.3 Å². The van der Waals surface area contributed by atoms with Crippen molar-refractivity contribution in [3.05, 3.63) is 23.4 Å². The SMILES string of the molecule is Cc1cc(-c2nc(C(N)CN3CCCC3)no2)c(C)o1. The minimum absolute atomic E-state index is 0.209. The molecule has 3 rings (SSSR count). The molecule has 1 fully saturated rings. The lowest BCUT2D eigenvalue weighted by atomic mass is 10.2. The van der Waals surface area contributed by atoms with Crippen LogP contribution in [-0.4, -0.2) is 34.7 Å². The first-order valence-electron chi connectivity index (χ1n) is 7.02. The number of nitrogens with zero attached hydrogens (tertiary/aromatic N) is 3. The van der Waals surface area contributed by atoms with Crippen LogP contribution in [0.5, 0.6) is 0 Å². The normalized spacial score (nSPS) is 17.8. The van der Waals surface area contributed by atoms with Gasteiger partial charge in [-0.2, -0.15) is 4.98 Å². The number of likely N-dealkylation sites (tertiary alicyclic amines) is 1. The van der Waals surface area contributed by atoms with E-state index in [9.17, 15) is 0 Å². The first-order chi connectivity index (χ1) is 9.63. The highest BCUT2D eigenvalue weighted by Gasteiger charge is 2.21. The molecule has 1 atom stereocenters. The lowest BCUT2D eigenvalue weighted by Gasteiger charge is -2.17. The highest BCUT2D eigenvalue weighted by atomic mass is 16.5. The van der Waals surface area contributed by atoms with Crippen LogP contribution >= 0.6 is 0 Å². The fourth-order valence-corrected chi connectivity index (χ4v) is 2.66. The molecule has 2 N–H and O–H groups in total. The monoisotopic (exact) mass is 276 g/mol. The van der Waals surface area contributed by atoms with Gasteiger partial charge in [-0.15, -0.1) is 0 Å². The molecule has 20 heavy (non-hydrogen) atoms. The van der Waals surface area contributed by atoms with E-state index in [0.29, 0.717) is 11.7 Å². The highest BCUT2D eigenvalue weighted by Crippen LogP contribution is 2.26. The summed E-state index contributed by atoms with van der Waals surface area (Å²) in [6.07, 6.45) is 2.50. The third kappa shape index (κ3) is 2.62. The van der Waals surface area contributed by atoms with Crippen LogP contribution < -0.4 is 5.73 Å². The Kier molecular flexibility index (Phi) is 3.58. The van der Waals surface area contributed by atoms with Crippen LogP contribution in [0, 0.1) is 13.8 Å². The van der Waals surface area contributed by atoms with E-state index in [1.807, 2.05) is 19.9 Å². The van der Waals surface area contributed by atoms with E-state index in [-0.39, 0.29) is 6.04 Å². The van der Waals surface area contributed by atoms with Crippen LogP contribution in [0.15, 0.2) is 15.0 Å². The zero-order chi connectivity index (χ0) is 14.1. The molecular weight excluding hydrogens is 256 g/mol. The largest absolute Gasteiger partial charge is 0.466 e. The molecule has 0 aromatic carbocycles. The van der Waals surface area contributed by atoms with Gasteiger partial charge in [0.05, 0.1) is 11.6 Å². The Bertz CT molecular complexity index is 584. The number of hydrogen-bond donors (Lipinski definition) is 1. The molecule has 0 spiro atoms. The molecule has 0 aliphatic carbocycles. The van der Waals surface area contributed by atoms with E-state index >= 15 is 0 Å². The third-order valence-electron chi connectivity index (χ3n) is 3.70. The Morgan fingerprint density at radius 1 is 1.35 bits per heavy atom. The second-order valence-corrected chi connectivity index (χ2v) is 5.40. The summed E-state index contributed by atoms with van der Waals surface area (Å²) >= 11 is 0. The molecule has 2 aromatic rings. The summed E-state index contributed by atoms with van der Waals surface area (Å²) in [6, 6.07) is 1.69. The molecule has 0 amide bonds. The number of nitrogens with two attached hydrogens (primary N) is 1. The Labute approximate surface area is 117 Å². The molecule has 1 aliphatic rings. The predicted octanol–water partition coefficient (Wildman–Crippen LogP) is 2.04. The van der Waals surface area contributed by atoms with Crippen molar-refractivity contribution in [2.45, 2.75) is 32.7 Å². The molecule has 0 radical (unpaired) electrons. The summed E-state index contributed by atoms with van der Waals surface area (Å²) in [7, 11) is 0. The summed E-state index contributed by atoms with van der Waals surface area (Å²) in [5.41, 5.74) is 7.00. The number of furan rings is 1. The number of aryl methyl sites for hydroxylation is 2. The molecule has 0 bridgehead atoms. The summed E-state index contributed by atoms with van der Waals surface area (Å²) in [5, 5.41) is 4.01. The Morgan fingerprint density at radius 2 is 2.10 bits per heavy atom. The molecule has 1 unspecified atom stereocenters. The van der Waals surface area contributed by atoms with Crippen molar-refractivity contribution in [3.8, 4) is 11.5 Å². The zero-order valence-electron chi connectivity index (χ0n) is 11.9. The first-order valence-corrected chi connectivity index (χ1v) is 7.02. The average Bonchev–Trinajstić information content (AvgIpc) is 3.10. The van der Waals surface area contributed by atoms with Crippen molar-refractivity contribution in [1.29, 1.82) is 0 Å². The third-order valence-corrected chi connectivity index (χ3v) is 3.70. The lowest BCUT2D eigenvalue weighted by Crippen LogP contribution is -2.30. The smallest absolute Gasteiger partial charge is 0.261 e. The van der Waals surface area contributed by atoms with Crippen LogP contribution in [0.25, 0.3) is 11.5 Å². The maximum Gasteiger partial charge on any atom is 0.261 e. The Morgan fingerprint density at radius 3 is 2.75 bits per heavy atom. The zero-order valence-corrected chi connectivity index (χ0v) is 11.9. The van der Waals surface area contributed by atoms with Gasteiger partial charge < -0.3 is 19.6 Å². The summed E-state index contributed by atoms with van der Waals surface area (Å²) in [5.74, 6) is 2.65. The van der Waals surface area contributed by atoms with Gasteiger partial charge in [0.1, 0.15) is 11.5 Å². The van der Waals surface area contributed by atoms with Crippen LogP contribution in [-0.2, 0) is 0 Å². The fraction of sp³-hybridized carbons (Fsp3) is 0.571. The van der Waals surface area contributed by atoms with E-state index < -0.39 is 0 Å². The van der Waals surface area contributed by atoms with Gasteiger partial charge in [-0.3, -0.25) is 0 Å². The summed E-state index contributed by atoms with van der Waals surface area (Å²) < 4.78 is 10.8.